The summed E-state index contributed by atoms with van der Waals surface area (Å²) in [4.78, 5) is 11.7. The summed E-state index contributed by atoms with van der Waals surface area (Å²) in [5.74, 6) is -0.869. The lowest BCUT2D eigenvalue weighted by atomic mass is 10.2. The summed E-state index contributed by atoms with van der Waals surface area (Å²) in [6.07, 6.45) is 3.38. The van der Waals surface area contributed by atoms with Gasteiger partial charge in [0.25, 0.3) is 5.91 Å². The zero-order chi connectivity index (χ0) is 13.0. The summed E-state index contributed by atoms with van der Waals surface area (Å²) in [6, 6.07) is 5.39. The van der Waals surface area contributed by atoms with Crippen molar-refractivity contribution in [2.45, 2.75) is 25.3 Å². The Balaban J connectivity index is 1.74. The van der Waals surface area contributed by atoms with E-state index in [2.05, 4.69) is 26.6 Å². The van der Waals surface area contributed by atoms with Gasteiger partial charge in [-0.25, -0.2) is 4.39 Å². The number of nitrogens with one attached hydrogen (secondary N) is 2. The summed E-state index contributed by atoms with van der Waals surface area (Å²) < 4.78 is 13.9. The number of hydrogen-bond donors (Lipinski definition) is 2. The predicted octanol–water partition coefficient (Wildman–Crippen LogP) is 2.46. The molecule has 5 heteroatoms. The molecule has 3 nitrogen and oxygen atoms in total. The van der Waals surface area contributed by atoms with Crippen LogP contribution in [-0.4, -0.2) is 25.0 Å². The van der Waals surface area contributed by atoms with E-state index < -0.39 is 5.82 Å². The van der Waals surface area contributed by atoms with Crippen LogP contribution in [0.25, 0.3) is 0 Å². The highest BCUT2D eigenvalue weighted by atomic mass is 79.9. The number of carbonyl (C=O) groups is 1. The van der Waals surface area contributed by atoms with Gasteiger partial charge in [-0.3, -0.25) is 4.79 Å². The summed E-state index contributed by atoms with van der Waals surface area (Å²) in [5, 5.41) is 6.08. The van der Waals surface area contributed by atoms with Gasteiger partial charge in [0.2, 0.25) is 0 Å². The van der Waals surface area contributed by atoms with Crippen LogP contribution in [0.3, 0.4) is 0 Å². The maximum absolute atomic E-state index is 13.6. The molecule has 0 aromatic heterocycles. The minimum Gasteiger partial charge on any atom is -0.352 e. The van der Waals surface area contributed by atoms with Crippen LogP contribution in [0.15, 0.2) is 22.7 Å². The van der Waals surface area contributed by atoms with E-state index in [4.69, 9.17) is 0 Å². The molecule has 1 saturated carbocycles. The smallest absolute Gasteiger partial charge is 0.254 e. The second-order valence-corrected chi connectivity index (χ2v) is 5.29. The topological polar surface area (TPSA) is 41.1 Å². The van der Waals surface area contributed by atoms with E-state index in [-0.39, 0.29) is 11.5 Å². The zero-order valence-electron chi connectivity index (χ0n) is 10.0. The number of halogens is 2. The predicted molar refractivity (Wildman–Crippen MR) is 72.1 cm³/mol. The third kappa shape index (κ3) is 3.78. The minimum atomic E-state index is -0.508. The molecule has 18 heavy (non-hydrogen) atoms. The highest BCUT2D eigenvalue weighted by Crippen LogP contribution is 2.19. The van der Waals surface area contributed by atoms with Crippen molar-refractivity contribution in [2.75, 3.05) is 13.1 Å². The number of carbonyl (C=O) groups excluding carboxylic acids is 1. The molecular formula is C13H16BrFN2O. The largest absolute Gasteiger partial charge is 0.352 e. The molecule has 1 fully saturated rings. The van der Waals surface area contributed by atoms with Crippen molar-refractivity contribution in [2.24, 2.45) is 0 Å². The van der Waals surface area contributed by atoms with Crippen LogP contribution in [0.1, 0.15) is 29.6 Å². The van der Waals surface area contributed by atoms with Gasteiger partial charge in [0.1, 0.15) is 5.82 Å². The van der Waals surface area contributed by atoms with E-state index in [0.717, 1.165) is 13.0 Å². The molecule has 2 rings (SSSR count). The Bertz CT molecular complexity index is 435. The second-order valence-electron chi connectivity index (χ2n) is 4.44. The Labute approximate surface area is 114 Å². The number of hydrogen-bond acceptors (Lipinski definition) is 2. The summed E-state index contributed by atoms with van der Waals surface area (Å²) >= 11 is 3.07. The van der Waals surface area contributed by atoms with Gasteiger partial charge < -0.3 is 10.6 Å². The fourth-order valence-electron chi connectivity index (χ4n) is 1.66. The molecule has 1 aromatic rings. The quantitative estimate of drug-likeness (QED) is 0.792. The molecule has 2 N–H and O–H groups in total. The van der Waals surface area contributed by atoms with Gasteiger partial charge in [-0.2, -0.15) is 0 Å². The molecule has 0 saturated heterocycles. The maximum atomic E-state index is 13.6. The van der Waals surface area contributed by atoms with E-state index in [0.29, 0.717) is 17.1 Å². The first kappa shape index (κ1) is 13.5. The average Bonchev–Trinajstić information content (AvgIpc) is 3.16. The third-order valence-electron chi connectivity index (χ3n) is 2.85. The van der Waals surface area contributed by atoms with Crippen molar-refractivity contribution >= 4 is 21.8 Å². The van der Waals surface area contributed by atoms with Gasteiger partial charge >= 0.3 is 0 Å². The number of amides is 1. The third-order valence-corrected chi connectivity index (χ3v) is 3.46. The van der Waals surface area contributed by atoms with E-state index in [9.17, 15) is 9.18 Å². The Morgan fingerprint density at radius 2 is 2.17 bits per heavy atom. The maximum Gasteiger partial charge on any atom is 0.254 e. The lowest BCUT2D eigenvalue weighted by molar-refractivity contribution is 0.0949. The number of benzene rings is 1. The van der Waals surface area contributed by atoms with Crippen molar-refractivity contribution in [3.63, 3.8) is 0 Å². The SMILES string of the molecule is O=C(NCCCNC1CC1)c1cccc(Br)c1F. The molecule has 0 aliphatic heterocycles. The fourth-order valence-corrected chi connectivity index (χ4v) is 2.02. The highest BCUT2D eigenvalue weighted by molar-refractivity contribution is 9.10. The Kier molecular flexibility index (Phi) is 4.72. The first-order valence-electron chi connectivity index (χ1n) is 6.14. The molecule has 0 unspecified atom stereocenters. The Hall–Kier alpha value is -0.940. The van der Waals surface area contributed by atoms with Crippen LogP contribution in [0.5, 0.6) is 0 Å². The van der Waals surface area contributed by atoms with Crippen molar-refractivity contribution in [1.29, 1.82) is 0 Å². The van der Waals surface area contributed by atoms with Gasteiger partial charge in [0.15, 0.2) is 0 Å². The molecule has 0 bridgehead atoms. The van der Waals surface area contributed by atoms with Gasteiger partial charge in [-0.15, -0.1) is 0 Å². The first-order chi connectivity index (χ1) is 8.68. The summed E-state index contributed by atoms with van der Waals surface area (Å²) in [6.45, 7) is 1.45. The van der Waals surface area contributed by atoms with Crippen LogP contribution in [-0.2, 0) is 0 Å². The molecule has 0 heterocycles. The number of rotatable bonds is 6. The molecular weight excluding hydrogens is 299 g/mol. The van der Waals surface area contributed by atoms with Gasteiger partial charge in [0.05, 0.1) is 10.0 Å². The fraction of sp³-hybridized carbons (Fsp3) is 0.462. The van der Waals surface area contributed by atoms with Gasteiger partial charge in [0, 0.05) is 12.6 Å². The van der Waals surface area contributed by atoms with Crippen LogP contribution >= 0.6 is 15.9 Å². The normalized spacial score (nSPS) is 14.6. The van der Waals surface area contributed by atoms with E-state index in [1.165, 1.54) is 18.9 Å². The summed E-state index contributed by atoms with van der Waals surface area (Å²) in [5.41, 5.74) is 0.0829. The lowest BCUT2D eigenvalue weighted by Crippen LogP contribution is -2.28. The van der Waals surface area contributed by atoms with Crippen molar-refractivity contribution in [1.82, 2.24) is 10.6 Å². The van der Waals surface area contributed by atoms with E-state index in [1.807, 2.05) is 0 Å². The molecule has 0 radical (unpaired) electrons. The molecule has 1 aliphatic rings. The van der Waals surface area contributed by atoms with Crippen LogP contribution in [0, 0.1) is 5.82 Å². The first-order valence-corrected chi connectivity index (χ1v) is 6.93. The standard InChI is InChI=1S/C13H16BrFN2O/c14-11-4-1-3-10(12(11)15)13(18)17-8-2-7-16-9-5-6-9/h1,3-4,9,16H,2,5-8H2,(H,17,18). The van der Waals surface area contributed by atoms with E-state index in [1.54, 1.807) is 12.1 Å². The average molecular weight is 315 g/mol. The Morgan fingerprint density at radius 1 is 1.39 bits per heavy atom. The molecule has 0 spiro atoms. The molecule has 0 atom stereocenters. The Morgan fingerprint density at radius 3 is 2.89 bits per heavy atom. The zero-order valence-corrected chi connectivity index (χ0v) is 11.6. The second kappa shape index (κ2) is 6.29. The van der Waals surface area contributed by atoms with Gasteiger partial charge in [-0.05, 0) is 53.9 Å². The van der Waals surface area contributed by atoms with E-state index >= 15 is 0 Å². The van der Waals surface area contributed by atoms with Crippen LogP contribution < -0.4 is 10.6 Å². The van der Waals surface area contributed by atoms with Crippen molar-refractivity contribution in [3.05, 3.63) is 34.1 Å². The molecule has 1 aromatic carbocycles. The highest BCUT2D eigenvalue weighted by Gasteiger charge is 2.19. The minimum absolute atomic E-state index is 0.0829. The summed E-state index contributed by atoms with van der Waals surface area (Å²) in [7, 11) is 0. The molecule has 1 aliphatic carbocycles. The molecule has 98 valence electrons. The van der Waals surface area contributed by atoms with Crippen LogP contribution in [0.2, 0.25) is 0 Å². The van der Waals surface area contributed by atoms with Crippen LogP contribution in [0.4, 0.5) is 4.39 Å². The molecule has 1 amide bonds. The van der Waals surface area contributed by atoms with Crippen molar-refractivity contribution in [3.8, 4) is 0 Å². The lowest BCUT2D eigenvalue weighted by Gasteiger charge is -2.07. The monoisotopic (exact) mass is 314 g/mol. The van der Waals surface area contributed by atoms with Gasteiger partial charge in [-0.1, -0.05) is 6.07 Å². The van der Waals surface area contributed by atoms with Crippen molar-refractivity contribution < 1.29 is 9.18 Å².